The van der Waals surface area contributed by atoms with Crippen LogP contribution in [-0.4, -0.2) is 79.3 Å². The molecule has 0 aromatic heterocycles. The first kappa shape index (κ1) is 29.8. The van der Waals surface area contributed by atoms with Gasteiger partial charge in [0.25, 0.3) is 5.91 Å². The molecule has 0 fully saturated rings. The first-order chi connectivity index (χ1) is 19.9. The zero-order valence-electron chi connectivity index (χ0n) is 23.8. The number of hydrogen-bond acceptors (Lipinski definition) is 6. The molecule has 2 aliphatic carbocycles. The van der Waals surface area contributed by atoms with Crippen molar-refractivity contribution < 1.29 is 33.2 Å². The largest absolute Gasteiger partial charge is 0.501 e. The second kappa shape index (κ2) is 14.4. The highest BCUT2D eigenvalue weighted by atomic mass is 16.5. The Labute approximate surface area is 240 Å². The highest BCUT2D eigenvalue weighted by Gasteiger charge is 2.47. The molecule has 2 N–H and O–H groups in total. The van der Waals surface area contributed by atoms with E-state index in [1.54, 1.807) is 38.5 Å². The van der Waals surface area contributed by atoms with Crippen molar-refractivity contribution >= 4 is 29.5 Å². The summed E-state index contributed by atoms with van der Waals surface area (Å²) in [5.74, 6) is -0.396. The van der Waals surface area contributed by atoms with Crippen LogP contribution in [0.25, 0.3) is 0 Å². The van der Waals surface area contributed by atoms with Gasteiger partial charge < -0.3 is 20.1 Å². The Balaban J connectivity index is 1.31. The minimum absolute atomic E-state index is 0.0415. The van der Waals surface area contributed by atoms with E-state index >= 15 is 0 Å². The number of fused-ring (bicyclic) bond motifs is 1. The standard InChI is InChI=1S/C31H38N4O6/c1-40-26-13-12-23(20-27(26)41-2)15-18-32-28(36)16-19-34-30(38)24-10-6-7-11-25(24)35(31(34)39)21-29(37)33-17-14-22-8-4-3-5-9-22/h6-8,10-13,20,24H,3-5,9,14-19,21H2,1-2H3,(H-,32,33,36,37)/p+1. The molecule has 0 bridgehead atoms. The monoisotopic (exact) mass is 563 g/mol. The number of hydrogen-bond donors (Lipinski definition) is 2. The van der Waals surface area contributed by atoms with E-state index in [1.165, 1.54) is 23.0 Å². The van der Waals surface area contributed by atoms with Crippen LogP contribution in [0.1, 0.15) is 44.1 Å². The summed E-state index contributed by atoms with van der Waals surface area (Å²) in [6, 6.07) is 4.97. The number of rotatable bonds is 13. The van der Waals surface area contributed by atoms with Crippen molar-refractivity contribution in [2.45, 2.75) is 44.9 Å². The van der Waals surface area contributed by atoms with Gasteiger partial charge in [0.15, 0.2) is 18.0 Å². The van der Waals surface area contributed by atoms with E-state index in [1.807, 2.05) is 18.2 Å². The van der Waals surface area contributed by atoms with Crippen LogP contribution in [0.2, 0.25) is 0 Å². The molecule has 41 heavy (non-hydrogen) atoms. The molecule has 1 aromatic carbocycles. The van der Waals surface area contributed by atoms with Crippen molar-refractivity contribution in [3.63, 3.8) is 0 Å². The van der Waals surface area contributed by atoms with Crippen molar-refractivity contribution in [3.8, 4) is 11.5 Å². The fourth-order valence-electron chi connectivity index (χ4n) is 5.26. The number of carbonyl (C=O) groups excluding carboxylic acids is 4. The van der Waals surface area contributed by atoms with Crippen LogP contribution in [0.15, 0.2) is 54.2 Å². The lowest BCUT2D eigenvalue weighted by Gasteiger charge is -2.26. The molecule has 1 unspecified atom stereocenters. The number of carbonyl (C=O) groups is 4. The second-order valence-electron chi connectivity index (χ2n) is 10.3. The summed E-state index contributed by atoms with van der Waals surface area (Å²) < 4.78 is 11.9. The topological polar surface area (TPSA) is 117 Å². The normalized spacial score (nSPS) is 18.1. The van der Waals surface area contributed by atoms with E-state index in [0.717, 1.165) is 29.7 Å². The predicted octanol–water partition coefficient (Wildman–Crippen LogP) is 2.92. The zero-order valence-corrected chi connectivity index (χ0v) is 23.8. The van der Waals surface area contributed by atoms with Crippen LogP contribution in [0, 0.1) is 5.92 Å². The van der Waals surface area contributed by atoms with Gasteiger partial charge in [-0.1, -0.05) is 35.9 Å². The maximum atomic E-state index is 13.4. The van der Waals surface area contributed by atoms with E-state index in [9.17, 15) is 19.2 Å². The van der Waals surface area contributed by atoms with Gasteiger partial charge in [0.05, 0.1) is 20.6 Å². The molecule has 1 heterocycles. The molecule has 1 atom stereocenters. The summed E-state index contributed by atoms with van der Waals surface area (Å²) in [5.41, 5.74) is 2.80. The number of allylic oxidation sites excluding steroid dienone is 4. The third-order valence-corrected chi connectivity index (χ3v) is 7.51. The summed E-state index contributed by atoms with van der Waals surface area (Å²) >= 11 is 0. The average Bonchev–Trinajstić information content (AvgIpc) is 2.99. The van der Waals surface area contributed by atoms with Gasteiger partial charge in [-0.15, -0.1) is 0 Å². The zero-order chi connectivity index (χ0) is 29.2. The molecule has 10 nitrogen and oxygen atoms in total. The highest BCUT2D eigenvalue weighted by Crippen LogP contribution is 2.27. The van der Waals surface area contributed by atoms with Crippen LogP contribution in [0.4, 0.5) is 4.79 Å². The molecule has 218 valence electrons. The Bertz CT molecular complexity index is 1300. The molecular formula is C31H39N4O6+. The van der Waals surface area contributed by atoms with Gasteiger partial charge >= 0.3 is 11.9 Å². The fourth-order valence-corrected chi connectivity index (χ4v) is 5.26. The molecule has 0 saturated heterocycles. The van der Waals surface area contributed by atoms with Gasteiger partial charge in [-0.05, 0) is 62.3 Å². The Hall–Kier alpha value is -4.21. The van der Waals surface area contributed by atoms with Gasteiger partial charge in [-0.3, -0.25) is 9.59 Å². The van der Waals surface area contributed by atoms with Gasteiger partial charge in [0, 0.05) is 13.1 Å². The third kappa shape index (κ3) is 7.71. The second-order valence-corrected chi connectivity index (χ2v) is 10.3. The number of ether oxygens (including phenoxy) is 2. The number of methoxy groups -OCH3 is 2. The molecule has 0 spiro atoms. The molecule has 0 saturated carbocycles. The number of imide groups is 1. The highest BCUT2D eigenvalue weighted by molar-refractivity contribution is 6.16. The Kier molecular flexibility index (Phi) is 10.5. The Morgan fingerprint density at radius 1 is 1.00 bits per heavy atom. The SMILES string of the molecule is COc1ccc(CCNC(=O)CCN2C(=O)C3C=CC=CC3=[N+](CC(=O)NCCC3=CCCCC3)C2=O)cc1OC. The van der Waals surface area contributed by atoms with Gasteiger partial charge in [-0.2, -0.15) is 14.3 Å². The van der Waals surface area contributed by atoms with Gasteiger partial charge in [0.1, 0.15) is 18.2 Å². The van der Waals surface area contributed by atoms with E-state index < -0.39 is 17.9 Å². The smallest absolute Gasteiger partial charge is 0.493 e. The van der Waals surface area contributed by atoms with Crippen LogP contribution in [0.3, 0.4) is 0 Å². The minimum Gasteiger partial charge on any atom is -0.493 e. The lowest BCUT2D eigenvalue weighted by Crippen LogP contribution is -2.56. The molecule has 0 radical (unpaired) electrons. The first-order valence-corrected chi connectivity index (χ1v) is 14.2. The first-order valence-electron chi connectivity index (χ1n) is 14.2. The van der Waals surface area contributed by atoms with Gasteiger partial charge in [-0.25, -0.2) is 4.79 Å². The molecule has 3 aliphatic rings. The van der Waals surface area contributed by atoms with Crippen LogP contribution in [0.5, 0.6) is 11.5 Å². The van der Waals surface area contributed by atoms with Crippen molar-refractivity contribution in [2.24, 2.45) is 5.92 Å². The lowest BCUT2D eigenvalue weighted by atomic mass is 9.94. The summed E-state index contributed by atoms with van der Waals surface area (Å²) in [5, 5.41) is 5.75. The van der Waals surface area contributed by atoms with Crippen molar-refractivity contribution in [3.05, 3.63) is 59.7 Å². The number of benzene rings is 1. The minimum atomic E-state index is -0.675. The third-order valence-electron chi connectivity index (χ3n) is 7.51. The maximum absolute atomic E-state index is 13.4. The van der Waals surface area contributed by atoms with Crippen molar-refractivity contribution in [1.82, 2.24) is 15.5 Å². The Morgan fingerprint density at radius 2 is 1.78 bits per heavy atom. The number of urea groups is 1. The maximum Gasteiger partial charge on any atom is 0.501 e. The fraction of sp³-hybridized carbons (Fsp3) is 0.452. The lowest BCUT2D eigenvalue weighted by molar-refractivity contribution is -0.428. The Morgan fingerprint density at radius 3 is 2.54 bits per heavy atom. The summed E-state index contributed by atoms with van der Waals surface area (Å²) in [4.78, 5) is 53.0. The number of nitrogens with zero attached hydrogens (tertiary/aromatic N) is 2. The van der Waals surface area contributed by atoms with Crippen LogP contribution < -0.4 is 20.1 Å². The van der Waals surface area contributed by atoms with E-state index in [2.05, 4.69) is 16.7 Å². The predicted molar refractivity (Wildman–Crippen MR) is 154 cm³/mol. The molecular weight excluding hydrogens is 524 g/mol. The number of nitrogens with one attached hydrogen (secondary N) is 2. The van der Waals surface area contributed by atoms with E-state index in [4.69, 9.17) is 9.47 Å². The average molecular weight is 564 g/mol. The summed E-state index contributed by atoms with van der Waals surface area (Å²) in [7, 11) is 3.14. The van der Waals surface area contributed by atoms with E-state index in [-0.39, 0.29) is 31.3 Å². The summed E-state index contributed by atoms with van der Waals surface area (Å²) in [6.07, 6.45) is 15.0. The molecule has 1 aliphatic heterocycles. The number of amides is 5. The van der Waals surface area contributed by atoms with Gasteiger partial charge in [0.2, 0.25) is 5.91 Å². The molecule has 10 heteroatoms. The summed E-state index contributed by atoms with van der Waals surface area (Å²) in [6.45, 7) is 0.622. The quantitative estimate of drug-likeness (QED) is 0.282. The molecule has 5 amide bonds. The van der Waals surface area contributed by atoms with Crippen LogP contribution >= 0.6 is 0 Å². The molecule has 1 aromatic rings. The molecule has 4 rings (SSSR count). The van der Waals surface area contributed by atoms with Crippen LogP contribution in [-0.2, 0) is 20.8 Å². The van der Waals surface area contributed by atoms with Crippen molar-refractivity contribution in [1.29, 1.82) is 0 Å². The van der Waals surface area contributed by atoms with E-state index in [0.29, 0.717) is 36.7 Å². The van der Waals surface area contributed by atoms with Crippen molar-refractivity contribution in [2.75, 3.05) is 40.4 Å².